The second-order valence-electron chi connectivity index (χ2n) is 4.76. The smallest absolute Gasteiger partial charge is 0.463 e. The van der Waals surface area contributed by atoms with E-state index in [0.717, 1.165) is 12.8 Å². The molecule has 6 nitrogen and oxygen atoms in total. The third kappa shape index (κ3) is 7.99. The van der Waals surface area contributed by atoms with Gasteiger partial charge in [0, 0.05) is 6.42 Å². The van der Waals surface area contributed by atoms with Crippen LogP contribution in [0.3, 0.4) is 0 Å². The number of unbranched alkanes of at least 4 members (excludes halogenated alkanes) is 4. The van der Waals surface area contributed by atoms with Crippen LogP contribution in [0.25, 0.3) is 0 Å². The van der Waals surface area contributed by atoms with Crippen molar-refractivity contribution in [3.05, 3.63) is 0 Å². The number of esters is 1. The van der Waals surface area contributed by atoms with Crippen LogP contribution in [0.5, 0.6) is 0 Å². The Balaban J connectivity index is 1.85. The Morgan fingerprint density at radius 3 is 2.75 bits per heavy atom. The van der Waals surface area contributed by atoms with Crippen LogP contribution >= 0.6 is 0 Å². The monoisotopic (exact) mass is 288 g/mol. The summed E-state index contributed by atoms with van der Waals surface area (Å²) in [6.07, 6.45) is 5.01. The van der Waals surface area contributed by atoms with Gasteiger partial charge in [0.2, 0.25) is 0 Å². The summed E-state index contributed by atoms with van der Waals surface area (Å²) in [4.78, 5) is 22.0. The van der Waals surface area contributed by atoms with E-state index in [4.69, 9.17) is 14.2 Å². The number of hydrogen-bond acceptors (Lipinski definition) is 6. The van der Waals surface area contributed by atoms with E-state index < -0.39 is 6.16 Å². The summed E-state index contributed by atoms with van der Waals surface area (Å²) >= 11 is 0. The molecule has 20 heavy (non-hydrogen) atoms. The third-order valence-corrected chi connectivity index (χ3v) is 2.93. The Kier molecular flexibility index (Phi) is 8.78. The lowest BCUT2D eigenvalue weighted by molar-refractivity contribution is -0.145. The van der Waals surface area contributed by atoms with Crippen molar-refractivity contribution in [3.8, 4) is 0 Å². The second kappa shape index (κ2) is 10.5. The molecule has 1 rings (SSSR count). The summed E-state index contributed by atoms with van der Waals surface area (Å²) in [6, 6.07) is 0. The highest BCUT2D eigenvalue weighted by Gasteiger charge is 2.24. The molecule has 116 valence electrons. The fourth-order valence-corrected chi connectivity index (χ4v) is 1.82. The van der Waals surface area contributed by atoms with Crippen molar-refractivity contribution >= 4 is 12.1 Å². The molecule has 0 aromatic rings. The summed E-state index contributed by atoms with van der Waals surface area (Å²) in [7, 11) is 0. The molecule has 0 bridgehead atoms. The fraction of sp³-hybridized carbons (Fsp3) is 0.857. The minimum Gasteiger partial charge on any atom is -0.463 e. The van der Waals surface area contributed by atoms with Crippen LogP contribution in [-0.4, -0.2) is 44.7 Å². The first-order valence-corrected chi connectivity index (χ1v) is 7.29. The molecule has 0 saturated carbocycles. The normalized spacial score (nSPS) is 17.6. The number of cyclic esters (lactones) is 2. The minimum atomic E-state index is -0.659. The third-order valence-electron chi connectivity index (χ3n) is 2.93. The second-order valence-corrected chi connectivity index (χ2v) is 4.76. The van der Waals surface area contributed by atoms with Gasteiger partial charge in [-0.1, -0.05) is 32.6 Å². The van der Waals surface area contributed by atoms with Crippen molar-refractivity contribution in [2.24, 2.45) is 0 Å². The number of ether oxygens (including phenoxy) is 4. The Bertz CT molecular complexity index is 291. The molecule has 0 aromatic carbocycles. The summed E-state index contributed by atoms with van der Waals surface area (Å²) < 4.78 is 19.7. The highest BCUT2D eigenvalue weighted by atomic mass is 16.8. The fourth-order valence-electron chi connectivity index (χ4n) is 1.82. The van der Waals surface area contributed by atoms with Gasteiger partial charge in [0.05, 0.1) is 13.2 Å². The van der Waals surface area contributed by atoms with Crippen molar-refractivity contribution in [1.82, 2.24) is 0 Å². The lowest BCUT2D eigenvalue weighted by atomic mass is 10.1. The van der Waals surface area contributed by atoms with Crippen LogP contribution in [-0.2, 0) is 23.7 Å². The Hall–Kier alpha value is -1.30. The zero-order valence-corrected chi connectivity index (χ0v) is 12.1. The first-order valence-electron chi connectivity index (χ1n) is 7.29. The molecule has 0 radical (unpaired) electrons. The Morgan fingerprint density at radius 1 is 1.25 bits per heavy atom. The Morgan fingerprint density at radius 2 is 2.05 bits per heavy atom. The average Bonchev–Trinajstić information content (AvgIpc) is 2.84. The van der Waals surface area contributed by atoms with E-state index in [9.17, 15) is 9.59 Å². The van der Waals surface area contributed by atoms with Crippen molar-refractivity contribution in [3.63, 3.8) is 0 Å². The van der Waals surface area contributed by atoms with Gasteiger partial charge in [0.1, 0.15) is 13.2 Å². The van der Waals surface area contributed by atoms with Gasteiger partial charge in [-0.2, -0.15) is 0 Å². The predicted octanol–water partition coefficient (Wildman–Crippen LogP) is 2.44. The molecule has 0 aromatic heterocycles. The molecule has 1 saturated heterocycles. The quantitative estimate of drug-likeness (QED) is 0.429. The van der Waals surface area contributed by atoms with Crippen LogP contribution in [0.1, 0.15) is 45.4 Å². The average molecular weight is 288 g/mol. The van der Waals surface area contributed by atoms with Crippen molar-refractivity contribution in [2.45, 2.75) is 51.6 Å². The largest absolute Gasteiger partial charge is 0.508 e. The molecule has 1 fully saturated rings. The van der Waals surface area contributed by atoms with Gasteiger partial charge in [-0.05, 0) is 6.42 Å². The zero-order valence-electron chi connectivity index (χ0n) is 12.1. The number of carbonyl (C=O) groups is 2. The zero-order chi connectivity index (χ0) is 14.6. The van der Waals surface area contributed by atoms with Gasteiger partial charge in [-0.25, -0.2) is 4.79 Å². The van der Waals surface area contributed by atoms with Gasteiger partial charge in [0.15, 0.2) is 6.10 Å². The maximum atomic E-state index is 11.4. The van der Waals surface area contributed by atoms with E-state index in [2.05, 4.69) is 11.7 Å². The van der Waals surface area contributed by atoms with E-state index in [-0.39, 0.29) is 31.9 Å². The molecule has 0 spiro atoms. The van der Waals surface area contributed by atoms with Crippen LogP contribution in [0.2, 0.25) is 0 Å². The first-order chi connectivity index (χ1) is 9.72. The molecular weight excluding hydrogens is 264 g/mol. The molecule has 1 heterocycles. The lowest BCUT2D eigenvalue weighted by Gasteiger charge is -2.08. The SMILES string of the molecule is CCCCCCCC(=O)OCCOCC1COC(=O)O1. The molecule has 0 amide bonds. The highest BCUT2D eigenvalue weighted by molar-refractivity contribution is 5.69. The molecule has 1 aliphatic rings. The van der Waals surface area contributed by atoms with E-state index in [1.165, 1.54) is 19.3 Å². The predicted molar refractivity (Wildman–Crippen MR) is 71.4 cm³/mol. The summed E-state index contributed by atoms with van der Waals surface area (Å²) in [5.74, 6) is -0.180. The lowest BCUT2D eigenvalue weighted by Crippen LogP contribution is -2.20. The Labute approximate surface area is 119 Å². The maximum absolute atomic E-state index is 11.4. The van der Waals surface area contributed by atoms with E-state index in [1.807, 2.05) is 0 Å². The molecule has 1 aliphatic heterocycles. The minimum absolute atomic E-state index is 0.180. The highest BCUT2D eigenvalue weighted by Crippen LogP contribution is 2.07. The molecule has 1 unspecified atom stereocenters. The van der Waals surface area contributed by atoms with Gasteiger partial charge < -0.3 is 18.9 Å². The molecule has 6 heteroatoms. The van der Waals surface area contributed by atoms with Gasteiger partial charge in [-0.15, -0.1) is 0 Å². The van der Waals surface area contributed by atoms with E-state index in [1.54, 1.807) is 0 Å². The standard InChI is InChI=1S/C14H24O6/c1-2-3-4-5-6-7-13(15)18-9-8-17-10-12-11-19-14(16)20-12/h12H,2-11H2,1H3. The van der Waals surface area contributed by atoms with Crippen LogP contribution in [0.15, 0.2) is 0 Å². The molecule has 0 aliphatic carbocycles. The maximum Gasteiger partial charge on any atom is 0.508 e. The topological polar surface area (TPSA) is 71.1 Å². The van der Waals surface area contributed by atoms with Gasteiger partial charge >= 0.3 is 12.1 Å². The molecule has 0 N–H and O–H groups in total. The van der Waals surface area contributed by atoms with Gasteiger partial charge in [-0.3, -0.25) is 4.79 Å². The van der Waals surface area contributed by atoms with Crippen LogP contribution in [0, 0.1) is 0 Å². The van der Waals surface area contributed by atoms with Crippen molar-refractivity contribution in [2.75, 3.05) is 26.4 Å². The number of hydrogen-bond donors (Lipinski definition) is 0. The summed E-state index contributed by atoms with van der Waals surface area (Å²) in [6.45, 7) is 3.18. The van der Waals surface area contributed by atoms with Crippen molar-refractivity contribution < 1.29 is 28.5 Å². The van der Waals surface area contributed by atoms with Gasteiger partial charge in [0.25, 0.3) is 0 Å². The number of rotatable bonds is 11. The molecular formula is C14H24O6. The summed E-state index contributed by atoms with van der Waals surface area (Å²) in [5, 5.41) is 0. The molecule has 1 atom stereocenters. The van der Waals surface area contributed by atoms with Crippen LogP contribution < -0.4 is 0 Å². The van der Waals surface area contributed by atoms with Crippen molar-refractivity contribution in [1.29, 1.82) is 0 Å². The van der Waals surface area contributed by atoms with E-state index in [0.29, 0.717) is 13.0 Å². The first kappa shape index (κ1) is 16.8. The number of carbonyl (C=O) groups excluding carboxylic acids is 2. The van der Waals surface area contributed by atoms with E-state index >= 15 is 0 Å². The summed E-state index contributed by atoms with van der Waals surface area (Å²) in [5.41, 5.74) is 0. The van der Waals surface area contributed by atoms with Crippen LogP contribution in [0.4, 0.5) is 4.79 Å².